The summed E-state index contributed by atoms with van der Waals surface area (Å²) in [5.41, 5.74) is 5.88. The van der Waals surface area contributed by atoms with Crippen molar-refractivity contribution in [1.29, 1.82) is 0 Å². The number of aliphatic hydroxyl groups is 7. The highest BCUT2D eigenvalue weighted by Crippen LogP contribution is 2.61. The minimum absolute atomic E-state index is 0.00897. The third-order valence-electron chi connectivity index (χ3n) is 6.12. The molecule has 0 aromatic carbocycles. The molecule has 0 bridgehead atoms. The van der Waals surface area contributed by atoms with E-state index in [1.54, 1.807) is 0 Å². The topological polar surface area (TPSA) is 323 Å². The Bertz CT molecular complexity index is 1280. The second-order valence-electron chi connectivity index (χ2n) is 8.97. The van der Waals surface area contributed by atoms with E-state index in [0.29, 0.717) is 0 Å². The molecule has 11 N–H and O–H groups in total. The third-order valence-corrected chi connectivity index (χ3v) is 8.73. The van der Waals surface area contributed by atoms with Gasteiger partial charge in [0.25, 0.3) is 0 Å². The molecule has 2 aromatic rings. The van der Waals surface area contributed by atoms with E-state index in [9.17, 15) is 53.9 Å². The van der Waals surface area contributed by atoms with E-state index >= 15 is 0 Å². The highest BCUT2D eigenvalue weighted by Gasteiger charge is 2.48. The number of nitrogen functional groups attached to an aromatic ring is 1. The van der Waals surface area contributed by atoms with Crippen LogP contribution in [-0.4, -0.2) is 127 Å². The predicted molar refractivity (Wildman–Crippen MR) is 129 cm³/mol. The van der Waals surface area contributed by atoms with Crippen molar-refractivity contribution >= 4 is 32.6 Å². The van der Waals surface area contributed by atoms with Gasteiger partial charge in [0, 0.05) is 5.92 Å². The average molecular weight is 637 g/mol. The minimum atomic E-state index is -5.77. The van der Waals surface area contributed by atoms with Crippen LogP contribution in [0, 0.1) is 5.92 Å². The van der Waals surface area contributed by atoms with Crippen LogP contribution in [0.1, 0.15) is 13.2 Å². The summed E-state index contributed by atoms with van der Waals surface area (Å²) in [6, 6.07) is 0. The van der Waals surface area contributed by atoms with Crippen LogP contribution >= 0.6 is 15.6 Å². The lowest BCUT2D eigenvalue weighted by molar-refractivity contribution is -0.181. The number of anilines is 1. The Hall–Kier alpha value is -1.78. The van der Waals surface area contributed by atoms with Crippen LogP contribution in [0.4, 0.5) is 10.2 Å². The Kier molecular flexibility index (Phi) is 10.9. The highest BCUT2D eigenvalue weighted by atomic mass is 31.3. The number of rotatable bonds is 14. The molecular formula is C18H30FN5O15P2. The van der Waals surface area contributed by atoms with Crippen molar-refractivity contribution in [3.8, 4) is 0 Å². The molecule has 23 heteroatoms. The quantitative estimate of drug-likeness (QED) is 0.0714. The van der Waals surface area contributed by atoms with Crippen molar-refractivity contribution in [3.63, 3.8) is 0 Å². The normalized spacial score (nSPS) is 28.9. The molecular weight excluding hydrogens is 607 g/mol. The zero-order chi connectivity index (χ0) is 30.9. The van der Waals surface area contributed by atoms with Gasteiger partial charge in [-0.1, -0.05) is 6.92 Å². The number of aliphatic hydroxyl groups excluding tert-OH is 7. The molecule has 0 saturated carbocycles. The molecule has 0 amide bonds. The summed E-state index contributed by atoms with van der Waals surface area (Å²) in [6.45, 7) is -0.786. The maximum absolute atomic E-state index is 14.7. The second kappa shape index (κ2) is 13.2. The van der Waals surface area contributed by atoms with E-state index in [1.807, 2.05) is 0 Å². The molecule has 2 aromatic heterocycles. The van der Waals surface area contributed by atoms with Crippen LogP contribution in [0.25, 0.3) is 11.2 Å². The van der Waals surface area contributed by atoms with Crippen LogP contribution in [-0.2, 0) is 27.2 Å². The summed E-state index contributed by atoms with van der Waals surface area (Å²) in [6.07, 6.45) is -16.2. The summed E-state index contributed by atoms with van der Waals surface area (Å²) in [5, 5.41) is 68.4. The Morgan fingerprint density at radius 1 is 1.10 bits per heavy atom. The predicted octanol–water partition coefficient (Wildman–Crippen LogP) is -3.35. The first-order valence-electron chi connectivity index (χ1n) is 11.6. The molecule has 1 aliphatic heterocycles. The van der Waals surface area contributed by atoms with Crippen LogP contribution in [0.15, 0.2) is 12.7 Å². The van der Waals surface area contributed by atoms with Crippen molar-refractivity contribution < 1.29 is 77.1 Å². The van der Waals surface area contributed by atoms with E-state index in [0.717, 1.165) is 24.1 Å². The van der Waals surface area contributed by atoms with Gasteiger partial charge in [0.15, 0.2) is 30.2 Å². The number of ether oxygens (including phenoxy) is 1. The molecule has 234 valence electrons. The number of nitrogens with two attached hydrogens (primary N) is 1. The summed E-state index contributed by atoms with van der Waals surface area (Å²) in [5.74, 6) is -1.26. The van der Waals surface area contributed by atoms with E-state index < -0.39 is 90.1 Å². The van der Waals surface area contributed by atoms with Gasteiger partial charge in [-0.2, -0.15) is 4.31 Å². The molecule has 0 aliphatic carbocycles. The van der Waals surface area contributed by atoms with Crippen LogP contribution in [0.5, 0.6) is 0 Å². The van der Waals surface area contributed by atoms with Crippen molar-refractivity contribution in [2.75, 3.05) is 18.9 Å². The number of hydrogen-bond donors (Lipinski definition) is 10. The molecule has 12 atom stereocenters. The lowest BCUT2D eigenvalue weighted by Crippen LogP contribution is -2.49. The molecule has 41 heavy (non-hydrogen) atoms. The van der Waals surface area contributed by atoms with Gasteiger partial charge in [0.2, 0.25) is 0 Å². The molecule has 1 aliphatic rings. The van der Waals surface area contributed by atoms with Gasteiger partial charge in [-0.15, -0.1) is 0 Å². The van der Waals surface area contributed by atoms with Crippen LogP contribution in [0.2, 0.25) is 0 Å². The van der Waals surface area contributed by atoms with Crippen molar-refractivity contribution in [2.45, 2.75) is 62.2 Å². The number of phosphoric acid groups is 2. The summed E-state index contributed by atoms with van der Waals surface area (Å²) in [7, 11) is -11.4. The number of imidazole rings is 1. The molecule has 3 rings (SSSR count). The lowest BCUT2D eigenvalue weighted by Gasteiger charge is -2.31. The molecule has 7 unspecified atom stereocenters. The maximum Gasteiger partial charge on any atom is 0.483 e. The van der Waals surface area contributed by atoms with Crippen LogP contribution < -0.4 is 5.73 Å². The first-order chi connectivity index (χ1) is 19.0. The van der Waals surface area contributed by atoms with Gasteiger partial charge >= 0.3 is 15.6 Å². The van der Waals surface area contributed by atoms with Crippen molar-refractivity contribution in [3.05, 3.63) is 12.7 Å². The minimum Gasteiger partial charge on any atom is -0.394 e. The maximum atomic E-state index is 14.7. The number of aromatic nitrogens is 4. The smallest absolute Gasteiger partial charge is 0.394 e. The number of halogens is 1. The van der Waals surface area contributed by atoms with Gasteiger partial charge < -0.3 is 56.0 Å². The molecule has 1 fully saturated rings. The molecule has 3 heterocycles. The fourth-order valence-corrected chi connectivity index (χ4v) is 5.86. The molecule has 0 spiro atoms. The summed E-state index contributed by atoms with van der Waals surface area (Å²) >= 11 is 0. The number of alkyl halides is 1. The van der Waals surface area contributed by atoms with Gasteiger partial charge in [0.05, 0.1) is 31.7 Å². The molecule has 20 nitrogen and oxygen atoms in total. The fraction of sp³-hybridized carbons (Fsp3) is 0.722. The number of hydrogen-bond acceptors (Lipinski definition) is 17. The Labute approximate surface area is 229 Å². The first kappa shape index (κ1) is 33.7. The Morgan fingerprint density at radius 2 is 1.76 bits per heavy atom. The lowest BCUT2D eigenvalue weighted by atomic mass is 9.92. The fourth-order valence-electron chi connectivity index (χ4n) is 3.74. The van der Waals surface area contributed by atoms with Gasteiger partial charge in [-0.05, 0) is 0 Å². The average Bonchev–Trinajstić information content (AvgIpc) is 3.45. The van der Waals surface area contributed by atoms with E-state index in [-0.39, 0.29) is 17.0 Å². The summed E-state index contributed by atoms with van der Waals surface area (Å²) < 4.78 is 58.1. The standard InChI is InChI=1S/C18H30FN5O15P2/c1-6(7(26)2-25)11(27)13(29)14(30)18(31)38-41(34,35)39-40(32,33)36-3-8-9(19)12(28)17(37-8)24-5-23-10-15(20)21-4-22-16(10)24/h4-9,11-14,17-18,25-31H,2-3H2,1H3,(H,32,33)(H,34,35)(H2,20,21,22)/t6?,7-,8-,9?,11-,12?,13?,14?,17-,18+/m1/s1. The van der Waals surface area contributed by atoms with Crippen molar-refractivity contribution in [2.24, 2.45) is 5.92 Å². The zero-order valence-electron chi connectivity index (χ0n) is 21.0. The Balaban J connectivity index is 1.58. The largest absolute Gasteiger partial charge is 0.483 e. The molecule has 1 saturated heterocycles. The van der Waals surface area contributed by atoms with Gasteiger partial charge in [0.1, 0.15) is 36.3 Å². The monoisotopic (exact) mass is 637 g/mol. The van der Waals surface area contributed by atoms with E-state index in [1.165, 1.54) is 0 Å². The SMILES string of the molecule is CC([C@@H](O)C(O)C(O)[C@@H](O)OP(=O)(O)OP(=O)(O)OC[C@H]1O[C@@H](n2cnc3c(N)ncnc32)C(O)C1F)[C@H](O)CO. The zero-order valence-corrected chi connectivity index (χ0v) is 22.7. The Morgan fingerprint density at radius 3 is 2.39 bits per heavy atom. The van der Waals surface area contributed by atoms with Crippen molar-refractivity contribution in [1.82, 2.24) is 19.5 Å². The third kappa shape index (κ3) is 7.79. The van der Waals surface area contributed by atoms with Gasteiger partial charge in [-0.25, -0.2) is 28.5 Å². The van der Waals surface area contributed by atoms with Gasteiger partial charge in [-0.3, -0.25) is 13.6 Å². The van der Waals surface area contributed by atoms with E-state index in [2.05, 4.69) is 28.3 Å². The first-order valence-corrected chi connectivity index (χ1v) is 14.6. The second-order valence-corrected chi connectivity index (χ2v) is 12.0. The molecule has 0 radical (unpaired) electrons. The van der Waals surface area contributed by atoms with E-state index in [4.69, 9.17) is 15.6 Å². The number of fused-ring (bicyclic) bond motifs is 1. The summed E-state index contributed by atoms with van der Waals surface area (Å²) in [4.78, 5) is 31.2. The number of phosphoric ester groups is 2. The highest BCUT2D eigenvalue weighted by molar-refractivity contribution is 7.61. The van der Waals surface area contributed by atoms with Crippen LogP contribution in [0.3, 0.4) is 0 Å². The number of nitrogens with zero attached hydrogens (tertiary/aromatic N) is 4.